The highest BCUT2D eigenvalue weighted by Gasteiger charge is 2.23. The highest BCUT2D eigenvalue weighted by molar-refractivity contribution is 5.79. The summed E-state index contributed by atoms with van der Waals surface area (Å²) in [6.45, 7) is 1.59. The van der Waals surface area contributed by atoms with Crippen molar-refractivity contribution in [2.75, 3.05) is 33.9 Å². The molecule has 1 saturated carbocycles. The molecule has 3 rings (SSSR count). The number of nitrogens with zero attached hydrogens (tertiary/aromatic N) is 1. The van der Waals surface area contributed by atoms with Crippen LogP contribution in [0.3, 0.4) is 0 Å². The third-order valence-electron chi connectivity index (χ3n) is 5.04. The predicted octanol–water partition coefficient (Wildman–Crippen LogP) is 2.30. The van der Waals surface area contributed by atoms with Gasteiger partial charge in [-0.25, -0.2) is 0 Å². The number of nitrogens with one attached hydrogen (secondary N) is 3. The van der Waals surface area contributed by atoms with Crippen LogP contribution in [0, 0.1) is 0 Å². The monoisotopic (exact) mass is 424 g/mol. The first kappa shape index (κ1) is 22.5. The van der Waals surface area contributed by atoms with E-state index in [-0.39, 0.29) is 12.5 Å². The first-order chi connectivity index (χ1) is 15.2. The van der Waals surface area contributed by atoms with Crippen molar-refractivity contribution in [3.05, 3.63) is 59.7 Å². The summed E-state index contributed by atoms with van der Waals surface area (Å²) in [6, 6.07) is 16.2. The lowest BCUT2D eigenvalue weighted by Gasteiger charge is -2.13. The molecule has 0 spiro atoms. The van der Waals surface area contributed by atoms with E-state index < -0.39 is 0 Å². The molecule has 2 aromatic carbocycles. The molecule has 1 aliphatic rings. The number of methoxy groups -OCH3 is 1. The normalized spacial score (nSPS) is 13.4. The van der Waals surface area contributed by atoms with E-state index in [1.54, 1.807) is 14.2 Å². The van der Waals surface area contributed by atoms with Crippen LogP contribution in [0.5, 0.6) is 11.5 Å². The highest BCUT2D eigenvalue weighted by atomic mass is 16.5. The van der Waals surface area contributed by atoms with Gasteiger partial charge in [0.05, 0.1) is 7.11 Å². The fraction of sp³-hybridized carbons (Fsp3) is 0.417. The molecule has 1 fully saturated rings. The van der Waals surface area contributed by atoms with E-state index >= 15 is 0 Å². The Hall–Kier alpha value is -3.22. The van der Waals surface area contributed by atoms with Crippen LogP contribution < -0.4 is 25.4 Å². The second-order valence-electron chi connectivity index (χ2n) is 7.51. The van der Waals surface area contributed by atoms with Gasteiger partial charge in [0, 0.05) is 26.2 Å². The summed E-state index contributed by atoms with van der Waals surface area (Å²) >= 11 is 0. The molecule has 166 valence electrons. The van der Waals surface area contributed by atoms with Crippen molar-refractivity contribution in [1.82, 2.24) is 16.0 Å². The third kappa shape index (κ3) is 7.85. The lowest BCUT2D eigenvalue weighted by molar-refractivity contribution is -0.123. The quantitative estimate of drug-likeness (QED) is 0.381. The van der Waals surface area contributed by atoms with Crippen LogP contribution in [0.15, 0.2) is 53.5 Å². The molecule has 1 amide bonds. The average Bonchev–Trinajstić information content (AvgIpc) is 3.61. The predicted molar refractivity (Wildman–Crippen MR) is 123 cm³/mol. The zero-order valence-corrected chi connectivity index (χ0v) is 18.3. The lowest BCUT2D eigenvalue weighted by Crippen LogP contribution is -2.39. The second kappa shape index (κ2) is 11.8. The van der Waals surface area contributed by atoms with Crippen molar-refractivity contribution in [1.29, 1.82) is 0 Å². The van der Waals surface area contributed by atoms with Crippen molar-refractivity contribution in [2.24, 2.45) is 4.99 Å². The Morgan fingerprint density at radius 2 is 1.74 bits per heavy atom. The molecule has 7 nitrogen and oxygen atoms in total. The summed E-state index contributed by atoms with van der Waals surface area (Å²) in [6.07, 6.45) is 3.87. The fourth-order valence-electron chi connectivity index (χ4n) is 3.17. The number of para-hydroxylation sites is 1. The van der Waals surface area contributed by atoms with Gasteiger partial charge in [0.25, 0.3) is 5.91 Å². The maximum atomic E-state index is 11.7. The molecule has 0 unspecified atom stereocenters. The molecule has 3 N–H and O–H groups in total. The summed E-state index contributed by atoms with van der Waals surface area (Å²) in [4.78, 5) is 16.0. The van der Waals surface area contributed by atoms with Crippen molar-refractivity contribution in [3.63, 3.8) is 0 Å². The highest BCUT2D eigenvalue weighted by Crippen LogP contribution is 2.19. The number of hydrogen-bond donors (Lipinski definition) is 3. The van der Waals surface area contributed by atoms with Crippen molar-refractivity contribution < 1.29 is 14.3 Å². The average molecular weight is 425 g/mol. The number of carbonyl (C=O) groups excluding carboxylic acids is 1. The maximum Gasteiger partial charge on any atom is 0.258 e. The van der Waals surface area contributed by atoms with E-state index in [2.05, 4.69) is 27.0 Å². The SMILES string of the molecule is CN=C(NCCc1ccc(OCC(=O)NC2CC2)cc1)NCCc1ccccc1OC. The van der Waals surface area contributed by atoms with Gasteiger partial charge in [-0.1, -0.05) is 30.3 Å². The molecule has 0 heterocycles. The zero-order chi connectivity index (χ0) is 21.9. The van der Waals surface area contributed by atoms with Gasteiger partial charge in [0.15, 0.2) is 12.6 Å². The van der Waals surface area contributed by atoms with E-state index in [0.29, 0.717) is 11.8 Å². The standard InChI is InChI=1S/C24H32N4O3/c1-25-24(27-16-14-19-5-3-4-6-22(19)30-2)26-15-13-18-7-11-21(12-8-18)31-17-23(29)28-20-9-10-20/h3-8,11-12,20H,9-10,13-17H2,1-2H3,(H,28,29)(H2,25,26,27). The molecule has 2 aromatic rings. The number of hydrogen-bond acceptors (Lipinski definition) is 4. The summed E-state index contributed by atoms with van der Waals surface area (Å²) in [5, 5.41) is 9.58. The van der Waals surface area contributed by atoms with Gasteiger partial charge >= 0.3 is 0 Å². The van der Waals surface area contributed by atoms with Crippen LogP contribution in [-0.4, -0.2) is 51.8 Å². The number of ether oxygens (including phenoxy) is 2. The van der Waals surface area contributed by atoms with Crippen LogP contribution in [0.25, 0.3) is 0 Å². The summed E-state index contributed by atoms with van der Waals surface area (Å²) < 4.78 is 10.9. The molecule has 7 heteroatoms. The van der Waals surface area contributed by atoms with Crippen LogP contribution in [0.2, 0.25) is 0 Å². The fourth-order valence-corrected chi connectivity index (χ4v) is 3.17. The zero-order valence-electron chi connectivity index (χ0n) is 18.3. The van der Waals surface area contributed by atoms with Crippen LogP contribution in [0.4, 0.5) is 0 Å². The van der Waals surface area contributed by atoms with Gasteiger partial charge in [-0.2, -0.15) is 0 Å². The number of aliphatic imine (C=N–C) groups is 1. The van der Waals surface area contributed by atoms with Gasteiger partial charge in [-0.3, -0.25) is 9.79 Å². The van der Waals surface area contributed by atoms with Crippen molar-refractivity contribution in [3.8, 4) is 11.5 Å². The van der Waals surface area contributed by atoms with Crippen LogP contribution in [-0.2, 0) is 17.6 Å². The minimum atomic E-state index is -0.0552. The number of amides is 1. The maximum absolute atomic E-state index is 11.7. The summed E-state index contributed by atoms with van der Waals surface area (Å²) in [5.74, 6) is 2.33. The van der Waals surface area contributed by atoms with E-state index in [9.17, 15) is 4.79 Å². The van der Waals surface area contributed by atoms with Gasteiger partial charge in [-0.05, 0) is 55.0 Å². The molecule has 0 aromatic heterocycles. The largest absolute Gasteiger partial charge is 0.496 e. The van der Waals surface area contributed by atoms with Gasteiger partial charge in [0.1, 0.15) is 11.5 Å². The molecule has 1 aliphatic carbocycles. The third-order valence-corrected chi connectivity index (χ3v) is 5.04. The number of rotatable bonds is 11. The van der Waals surface area contributed by atoms with Crippen LogP contribution >= 0.6 is 0 Å². The Balaban J connectivity index is 1.33. The van der Waals surface area contributed by atoms with Crippen LogP contribution in [0.1, 0.15) is 24.0 Å². The van der Waals surface area contributed by atoms with Gasteiger partial charge < -0.3 is 25.4 Å². The molecular weight excluding hydrogens is 392 g/mol. The Labute approximate surface area is 184 Å². The summed E-state index contributed by atoms with van der Waals surface area (Å²) in [5.41, 5.74) is 2.35. The van der Waals surface area contributed by atoms with E-state index in [1.807, 2.05) is 42.5 Å². The Morgan fingerprint density at radius 3 is 2.42 bits per heavy atom. The molecule has 0 aliphatic heterocycles. The molecule has 0 saturated heterocycles. The first-order valence-corrected chi connectivity index (χ1v) is 10.8. The molecule has 31 heavy (non-hydrogen) atoms. The number of carbonyl (C=O) groups is 1. The lowest BCUT2D eigenvalue weighted by atomic mass is 10.1. The van der Waals surface area contributed by atoms with Gasteiger partial charge in [-0.15, -0.1) is 0 Å². The second-order valence-corrected chi connectivity index (χ2v) is 7.51. The minimum absolute atomic E-state index is 0.0552. The Bertz CT molecular complexity index is 863. The minimum Gasteiger partial charge on any atom is -0.496 e. The van der Waals surface area contributed by atoms with E-state index in [0.717, 1.165) is 50.5 Å². The Kier molecular flexibility index (Phi) is 8.58. The van der Waals surface area contributed by atoms with E-state index in [4.69, 9.17) is 9.47 Å². The number of guanidine groups is 1. The topological polar surface area (TPSA) is 84.0 Å². The summed E-state index contributed by atoms with van der Waals surface area (Å²) in [7, 11) is 3.46. The molecule has 0 atom stereocenters. The molecule has 0 bridgehead atoms. The Morgan fingerprint density at radius 1 is 1.03 bits per heavy atom. The first-order valence-electron chi connectivity index (χ1n) is 10.8. The van der Waals surface area contributed by atoms with Crippen molar-refractivity contribution >= 4 is 11.9 Å². The molecule has 0 radical (unpaired) electrons. The number of benzene rings is 2. The molecular formula is C24H32N4O3. The smallest absolute Gasteiger partial charge is 0.258 e. The van der Waals surface area contributed by atoms with E-state index in [1.165, 1.54) is 11.1 Å². The van der Waals surface area contributed by atoms with Crippen molar-refractivity contribution in [2.45, 2.75) is 31.7 Å². The van der Waals surface area contributed by atoms with Gasteiger partial charge in [0.2, 0.25) is 0 Å².